The van der Waals surface area contributed by atoms with Crippen LogP contribution in [0.3, 0.4) is 0 Å². The van der Waals surface area contributed by atoms with Crippen LogP contribution in [0.15, 0.2) is 121 Å². The third-order valence-electron chi connectivity index (χ3n) is 7.55. The van der Waals surface area contributed by atoms with Gasteiger partial charge in [-0.15, -0.1) is 0 Å². The van der Waals surface area contributed by atoms with Gasteiger partial charge in [0.1, 0.15) is 0 Å². The summed E-state index contributed by atoms with van der Waals surface area (Å²) in [6, 6.07) is 44.0. The zero-order valence-corrected chi connectivity index (χ0v) is 18.5. The van der Waals surface area contributed by atoms with Crippen LogP contribution in [0, 0.1) is 0 Å². The highest BCUT2D eigenvalue weighted by molar-refractivity contribution is 6.44. The minimum absolute atomic E-state index is 1.31. The molecular formula is C34H20. The lowest BCUT2D eigenvalue weighted by Gasteiger charge is -2.20. The molecule has 0 fully saturated rings. The highest BCUT2D eigenvalue weighted by Crippen LogP contribution is 2.47. The summed E-state index contributed by atoms with van der Waals surface area (Å²) in [5.41, 5.74) is 0. The van der Waals surface area contributed by atoms with Gasteiger partial charge in [0.05, 0.1) is 0 Å². The van der Waals surface area contributed by atoms with Crippen molar-refractivity contribution in [2.45, 2.75) is 0 Å². The molecule has 0 unspecified atom stereocenters. The van der Waals surface area contributed by atoms with Gasteiger partial charge in [-0.2, -0.15) is 0 Å². The molecule has 0 atom stereocenters. The first kappa shape index (κ1) is 18.1. The minimum atomic E-state index is 1.31. The quantitative estimate of drug-likeness (QED) is 0.166. The molecule has 0 amide bonds. The summed E-state index contributed by atoms with van der Waals surface area (Å²) in [5, 5.41) is 19.3. The Morgan fingerprint density at radius 2 is 0.353 bits per heavy atom. The van der Waals surface area contributed by atoms with Gasteiger partial charge in [-0.1, -0.05) is 121 Å². The predicted molar refractivity (Wildman–Crippen MR) is 149 cm³/mol. The average Bonchev–Trinajstić information content (AvgIpc) is 2.92. The van der Waals surface area contributed by atoms with Gasteiger partial charge in [-0.3, -0.25) is 0 Å². The Bertz CT molecular complexity index is 1650. The summed E-state index contributed by atoms with van der Waals surface area (Å²) in [7, 11) is 0. The molecule has 0 heterocycles. The molecule has 0 aliphatic heterocycles. The fourth-order valence-electron chi connectivity index (χ4n) is 6.03. The Labute approximate surface area is 196 Å². The smallest absolute Gasteiger partial charge is 0.00139 e. The van der Waals surface area contributed by atoms with Crippen LogP contribution in [0.4, 0.5) is 0 Å². The van der Waals surface area contributed by atoms with Crippen LogP contribution in [0.5, 0.6) is 0 Å². The third-order valence-corrected chi connectivity index (χ3v) is 7.55. The zero-order valence-electron chi connectivity index (χ0n) is 18.5. The largest absolute Gasteiger partial charge is 0.0616 e. The molecule has 34 heavy (non-hydrogen) atoms. The number of fused-ring (bicyclic) bond motifs is 1. The third kappa shape index (κ3) is 2.32. The van der Waals surface area contributed by atoms with Crippen molar-refractivity contribution in [3.05, 3.63) is 121 Å². The number of benzene rings is 9. The van der Waals surface area contributed by atoms with Crippen molar-refractivity contribution in [2.24, 2.45) is 0 Å². The van der Waals surface area contributed by atoms with E-state index >= 15 is 0 Å². The molecule has 0 spiro atoms. The van der Waals surface area contributed by atoms with E-state index in [9.17, 15) is 0 Å². The molecule has 0 saturated heterocycles. The molecule has 156 valence electrons. The molecule has 0 nitrogen and oxygen atoms in total. The molecule has 9 aromatic carbocycles. The molecule has 9 rings (SSSR count). The highest BCUT2D eigenvalue weighted by Gasteiger charge is 2.19. The van der Waals surface area contributed by atoms with Gasteiger partial charge in [0.2, 0.25) is 0 Å². The summed E-state index contributed by atoms with van der Waals surface area (Å²) < 4.78 is 0. The van der Waals surface area contributed by atoms with E-state index in [1.807, 2.05) is 0 Å². The van der Waals surface area contributed by atoms with Crippen molar-refractivity contribution in [1.29, 1.82) is 0 Å². The first-order valence-corrected chi connectivity index (χ1v) is 11.9. The van der Waals surface area contributed by atoms with E-state index in [1.165, 1.54) is 75.4 Å². The van der Waals surface area contributed by atoms with Crippen molar-refractivity contribution in [3.8, 4) is 0 Å². The maximum absolute atomic E-state index is 2.27. The van der Waals surface area contributed by atoms with Gasteiger partial charge in [0, 0.05) is 0 Å². The van der Waals surface area contributed by atoms with Crippen LogP contribution < -0.4 is 0 Å². The van der Waals surface area contributed by atoms with Crippen LogP contribution in [0.1, 0.15) is 0 Å². The number of rotatable bonds is 0. The van der Waals surface area contributed by atoms with E-state index in [1.54, 1.807) is 0 Å². The van der Waals surface area contributed by atoms with Gasteiger partial charge < -0.3 is 0 Å². The monoisotopic (exact) mass is 428 g/mol. The van der Waals surface area contributed by atoms with E-state index in [-0.39, 0.29) is 0 Å². The SMILES string of the molecule is c1cc2ccc3ccc4ccc5ccc6ccc1c1c2c3c4c5c61.c1ccc2ccccc2c1. The van der Waals surface area contributed by atoms with Crippen LogP contribution in [-0.4, -0.2) is 0 Å². The molecule has 0 saturated carbocycles. The van der Waals surface area contributed by atoms with E-state index < -0.39 is 0 Å². The second kappa shape index (κ2) is 6.56. The molecule has 0 aromatic heterocycles. The maximum Gasteiger partial charge on any atom is -0.00139 e. The van der Waals surface area contributed by atoms with Crippen molar-refractivity contribution in [3.63, 3.8) is 0 Å². The van der Waals surface area contributed by atoms with Gasteiger partial charge in [-0.25, -0.2) is 0 Å². The summed E-state index contributed by atoms with van der Waals surface area (Å²) in [4.78, 5) is 0. The van der Waals surface area contributed by atoms with Crippen molar-refractivity contribution >= 4 is 75.4 Å². The maximum atomic E-state index is 2.27. The Hall–Kier alpha value is -4.42. The Morgan fingerprint density at radius 1 is 0.176 bits per heavy atom. The lowest BCUT2D eigenvalue weighted by Crippen LogP contribution is -1.91. The second-order valence-corrected chi connectivity index (χ2v) is 9.33. The van der Waals surface area contributed by atoms with E-state index in [0.29, 0.717) is 0 Å². The highest BCUT2D eigenvalue weighted by atomic mass is 14.2. The van der Waals surface area contributed by atoms with E-state index in [4.69, 9.17) is 0 Å². The first-order chi connectivity index (χ1) is 16.9. The van der Waals surface area contributed by atoms with Crippen molar-refractivity contribution in [2.75, 3.05) is 0 Å². The van der Waals surface area contributed by atoms with E-state index in [2.05, 4.69) is 121 Å². The van der Waals surface area contributed by atoms with Gasteiger partial charge in [0.25, 0.3) is 0 Å². The number of hydrogen-bond acceptors (Lipinski definition) is 0. The van der Waals surface area contributed by atoms with Gasteiger partial charge in [0.15, 0.2) is 0 Å². The average molecular weight is 429 g/mol. The second-order valence-electron chi connectivity index (χ2n) is 9.33. The molecule has 9 aromatic rings. The van der Waals surface area contributed by atoms with Gasteiger partial charge in [-0.05, 0) is 75.4 Å². The van der Waals surface area contributed by atoms with Crippen LogP contribution in [-0.2, 0) is 0 Å². The van der Waals surface area contributed by atoms with E-state index in [0.717, 1.165) is 0 Å². The summed E-state index contributed by atoms with van der Waals surface area (Å²) in [5.74, 6) is 0. The molecule has 0 radical (unpaired) electrons. The molecular weight excluding hydrogens is 408 g/mol. The Kier molecular flexibility index (Phi) is 3.48. The fraction of sp³-hybridized carbons (Fsp3) is 0. The molecule has 0 aliphatic carbocycles. The minimum Gasteiger partial charge on any atom is -0.0616 e. The van der Waals surface area contributed by atoms with Crippen molar-refractivity contribution in [1.82, 2.24) is 0 Å². The molecule has 0 aliphatic rings. The lowest BCUT2D eigenvalue weighted by atomic mass is 9.83. The predicted octanol–water partition coefficient (Wildman–Crippen LogP) is 9.76. The van der Waals surface area contributed by atoms with Crippen LogP contribution in [0.25, 0.3) is 75.4 Å². The first-order valence-electron chi connectivity index (χ1n) is 11.9. The molecule has 0 N–H and O–H groups in total. The Balaban J connectivity index is 0.000000158. The number of hydrogen-bond donors (Lipinski definition) is 0. The summed E-state index contributed by atoms with van der Waals surface area (Å²) in [6.07, 6.45) is 0. The Morgan fingerprint density at radius 3 is 0.529 bits per heavy atom. The molecule has 0 bridgehead atoms. The normalized spacial score (nSPS) is 12.1. The zero-order chi connectivity index (χ0) is 22.2. The molecule has 0 heteroatoms. The van der Waals surface area contributed by atoms with Crippen LogP contribution >= 0.6 is 0 Å². The van der Waals surface area contributed by atoms with Crippen LogP contribution in [0.2, 0.25) is 0 Å². The van der Waals surface area contributed by atoms with Gasteiger partial charge >= 0.3 is 0 Å². The lowest BCUT2D eigenvalue weighted by molar-refractivity contribution is 1.75. The summed E-state index contributed by atoms with van der Waals surface area (Å²) in [6.45, 7) is 0. The fourth-order valence-corrected chi connectivity index (χ4v) is 6.03. The summed E-state index contributed by atoms with van der Waals surface area (Å²) >= 11 is 0. The topological polar surface area (TPSA) is 0 Å². The van der Waals surface area contributed by atoms with Crippen molar-refractivity contribution < 1.29 is 0 Å². The standard InChI is InChI=1S/C24H12.C10H8/c1-2-14-5-6-16-9-11-18-12-10-17-8-7-15-4-3-13(1)19-20(14)22(16)24(18)23(17)21(15)19;1-2-6-10-8-4-3-7-9(10)5-1/h1-12H;1-8H.